The second-order valence-electron chi connectivity index (χ2n) is 5.66. The van der Waals surface area contributed by atoms with Gasteiger partial charge in [0.05, 0.1) is 11.6 Å². The molecule has 1 heterocycles. The van der Waals surface area contributed by atoms with Crippen molar-refractivity contribution in [2.24, 2.45) is 5.92 Å². The molecule has 2 N–H and O–H groups in total. The minimum Gasteiger partial charge on any atom is -0.481 e. The molecular formula is C14H20N2O2. The fourth-order valence-corrected chi connectivity index (χ4v) is 3.28. The Morgan fingerprint density at radius 2 is 2.00 bits per heavy atom. The lowest BCUT2D eigenvalue weighted by Gasteiger charge is -2.19. The van der Waals surface area contributed by atoms with Gasteiger partial charge in [0.25, 0.3) is 0 Å². The van der Waals surface area contributed by atoms with Crippen LogP contribution in [0.1, 0.15) is 61.7 Å². The smallest absolute Gasteiger partial charge is 0.306 e. The number of carboxylic acid groups (broad SMARTS) is 1. The zero-order valence-corrected chi connectivity index (χ0v) is 10.6. The van der Waals surface area contributed by atoms with Gasteiger partial charge >= 0.3 is 5.97 Å². The predicted molar refractivity (Wildman–Crippen MR) is 67.6 cm³/mol. The van der Waals surface area contributed by atoms with Gasteiger partial charge in [-0.1, -0.05) is 19.3 Å². The summed E-state index contributed by atoms with van der Waals surface area (Å²) in [5.41, 5.74) is 2.20. The molecule has 0 saturated heterocycles. The summed E-state index contributed by atoms with van der Waals surface area (Å²) in [6.45, 7) is 0. The first-order valence-corrected chi connectivity index (χ1v) is 7.04. The molecule has 18 heavy (non-hydrogen) atoms. The van der Waals surface area contributed by atoms with Crippen molar-refractivity contribution in [3.8, 4) is 0 Å². The Morgan fingerprint density at radius 1 is 1.22 bits per heavy atom. The van der Waals surface area contributed by atoms with Gasteiger partial charge < -0.3 is 10.1 Å². The van der Waals surface area contributed by atoms with Gasteiger partial charge in [0.2, 0.25) is 0 Å². The third-order valence-electron chi connectivity index (χ3n) is 4.40. The summed E-state index contributed by atoms with van der Waals surface area (Å²) in [6, 6.07) is 0. The largest absolute Gasteiger partial charge is 0.481 e. The molecule has 1 aromatic heterocycles. The molecule has 0 aromatic carbocycles. The molecule has 2 aliphatic rings. The van der Waals surface area contributed by atoms with Crippen LogP contribution in [-0.4, -0.2) is 21.0 Å². The number of hydrogen-bond acceptors (Lipinski definition) is 2. The number of nitrogens with zero attached hydrogens (tertiary/aromatic N) is 1. The van der Waals surface area contributed by atoms with Gasteiger partial charge in [0, 0.05) is 18.0 Å². The van der Waals surface area contributed by atoms with Crippen LogP contribution in [0.25, 0.3) is 0 Å². The van der Waals surface area contributed by atoms with Crippen molar-refractivity contribution >= 4 is 5.97 Å². The van der Waals surface area contributed by atoms with Crippen molar-refractivity contribution in [2.75, 3.05) is 0 Å². The molecule has 0 aliphatic heterocycles. The maximum atomic E-state index is 11.0. The average Bonchev–Trinajstić information content (AvgIpc) is 2.82. The number of H-pyrrole nitrogens is 1. The molecule has 0 bridgehead atoms. The first kappa shape index (κ1) is 11.8. The Labute approximate surface area is 107 Å². The highest BCUT2D eigenvalue weighted by atomic mass is 16.4. The fourth-order valence-electron chi connectivity index (χ4n) is 3.28. The number of carbonyl (C=O) groups is 1. The number of nitrogens with one attached hydrogen (secondary N) is 1. The highest BCUT2D eigenvalue weighted by Gasteiger charge is 2.28. The Kier molecular flexibility index (Phi) is 3.10. The normalized spacial score (nSPS) is 24.8. The highest BCUT2D eigenvalue weighted by molar-refractivity contribution is 5.70. The molecule has 1 atom stereocenters. The number of imidazole rings is 1. The van der Waals surface area contributed by atoms with Gasteiger partial charge in [0.1, 0.15) is 5.82 Å². The van der Waals surface area contributed by atoms with E-state index in [9.17, 15) is 4.79 Å². The second kappa shape index (κ2) is 4.75. The molecule has 1 aromatic rings. The molecule has 0 amide bonds. The van der Waals surface area contributed by atoms with Gasteiger partial charge in [0.15, 0.2) is 0 Å². The third kappa shape index (κ3) is 2.16. The summed E-state index contributed by atoms with van der Waals surface area (Å²) in [4.78, 5) is 19.2. The van der Waals surface area contributed by atoms with Crippen LogP contribution in [0, 0.1) is 5.92 Å². The zero-order valence-electron chi connectivity index (χ0n) is 10.6. The summed E-state index contributed by atoms with van der Waals surface area (Å²) in [6.07, 6.45) is 8.58. The zero-order chi connectivity index (χ0) is 12.5. The number of aryl methyl sites for hydroxylation is 1. The third-order valence-corrected chi connectivity index (χ3v) is 4.40. The quantitative estimate of drug-likeness (QED) is 0.845. The van der Waals surface area contributed by atoms with Crippen LogP contribution in [0.4, 0.5) is 0 Å². The van der Waals surface area contributed by atoms with E-state index in [1.165, 1.54) is 32.1 Å². The van der Waals surface area contributed by atoms with Gasteiger partial charge in [-0.15, -0.1) is 0 Å². The number of fused-ring (bicyclic) bond motifs is 1. The highest BCUT2D eigenvalue weighted by Crippen LogP contribution is 2.33. The summed E-state index contributed by atoms with van der Waals surface area (Å²) in [5.74, 6) is 0.796. The lowest BCUT2D eigenvalue weighted by molar-refractivity contribution is -0.142. The van der Waals surface area contributed by atoms with Crippen LogP contribution < -0.4 is 0 Å². The lowest BCUT2D eigenvalue weighted by Crippen LogP contribution is -2.22. The van der Waals surface area contributed by atoms with Crippen LogP contribution in [-0.2, 0) is 17.6 Å². The summed E-state index contributed by atoms with van der Waals surface area (Å²) in [5, 5.41) is 9.09. The van der Waals surface area contributed by atoms with Crippen molar-refractivity contribution in [2.45, 2.75) is 57.3 Å². The summed E-state index contributed by atoms with van der Waals surface area (Å²) < 4.78 is 0. The topological polar surface area (TPSA) is 66.0 Å². The Balaban J connectivity index is 1.78. The average molecular weight is 248 g/mol. The van der Waals surface area contributed by atoms with Crippen LogP contribution in [0.5, 0.6) is 0 Å². The van der Waals surface area contributed by atoms with E-state index >= 15 is 0 Å². The number of aromatic amines is 1. The van der Waals surface area contributed by atoms with Gasteiger partial charge in [-0.05, 0) is 25.7 Å². The molecule has 3 rings (SSSR count). The van der Waals surface area contributed by atoms with Crippen LogP contribution in [0.2, 0.25) is 0 Å². The van der Waals surface area contributed by atoms with Crippen molar-refractivity contribution in [1.29, 1.82) is 0 Å². The summed E-state index contributed by atoms with van der Waals surface area (Å²) in [7, 11) is 0. The molecular weight excluding hydrogens is 228 g/mol. The van der Waals surface area contributed by atoms with E-state index in [2.05, 4.69) is 4.98 Å². The minimum atomic E-state index is -0.672. The van der Waals surface area contributed by atoms with Gasteiger partial charge in [-0.25, -0.2) is 4.98 Å². The van der Waals surface area contributed by atoms with Gasteiger partial charge in [-0.2, -0.15) is 0 Å². The first-order chi connectivity index (χ1) is 8.74. The molecule has 0 radical (unpaired) electrons. The van der Waals surface area contributed by atoms with Crippen molar-refractivity contribution in [3.05, 3.63) is 17.2 Å². The number of aliphatic carboxylic acids is 1. The number of carboxylic acids is 1. The SMILES string of the molecule is O=C(O)C1CCc2nc(C3CCCCC3)[nH]c2C1. The maximum Gasteiger partial charge on any atom is 0.306 e. The maximum absolute atomic E-state index is 11.0. The Bertz CT molecular complexity index is 447. The molecule has 1 unspecified atom stereocenters. The standard InChI is InChI=1S/C14H20N2O2/c17-14(18)10-6-7-11-12(8-10)16-13(15-11)9-4-2-1-3-5-9/h9-10H,1-8H2,(H,15,16)(H,17,18). The Morgan fingerprint density at radius 3 is 2.72 bits per heavy atom. The number of aromatic nitrogens is 2. The molecule has 1 saturated carbocycles. The number of rotatable bonds is 2. The lowest BCUT2D eigenvalue weighted by atomic mass is 9.89. The van der Waals surface area contributed by atoms with Crippen molar-refractivity contribution in [1.82, 2.24) is 9.97 Å². The Hall–Kier alpha value is -1.32. The van der Waals surface area contributed by atoms with E-state index < -0.39 is 5.97 Å². The van der Waals surface area contributed by atoms with E-state index in [1.54, 1.807) is 0 Å². The van der Waals surface area contributed by atoms with E-state index in [0.29, 0.717) is 12.3 Å². The molecule has 98 valence electrons. The molecule has 2 aliphatic carbocycles. The minimum absolute atomic E-state index is 0.225. The first-order valence-electron chi connectivity index (χ1n) is 7.04. The number of hydrogen-bond donors (Lipinski definition) is 2. The second-order valence-corrected chi connectivity index (χ2v) is 5.66. The van der Waals surface area contributed by atoms with E-state index in [0.717, 1.165) is 30.1 Å². The summed E-state index contributed by atoms with van der Waals surface area (Å²) >= 11 is 0. The predicted octanol–water partition coefficient (Wildman–Crippen LogP) is 2.65. The molecule has 1 fully saturated rings. The monoisotopic (exact) mass is 248 g/mol. The van der Waals surface area contributed by atoms with E-state index in [4.69, 9.17) is 10.1 Å². The van der Waals surface area contributed by atoms with Crippen molar-refractivity contribution in [3.63, 3.8) is 0 Å². The molecule has 4 nitrogen and oxygen atoms in total. The van der Waals surface area contributed by atoms with Crippen LogP contribution >= 0.6 is 0 Å². The van der Waals surface area contributed by atoms with Crippen LogP contribution in [0.15, 0.2) is 0 Å². The fraction of sp³-hybridized carbons (Fsp3) is 0.714. The van der Waals surface area contributed by atoms with E-state index in [1.807, 2.05) is 0 Å². The van der Waals surface area contributed by atoms with Crippen molar-refractivity contribution < 1.29 is 9.90 Å². The molecule has 4 heteroatoms. The molecule has 0 spiro atoms. The van der Waals surface area contributed by atoms with E-state index in [-0.39, 0.29) is 5.92 Å². The van der Waals surface area contributed by atoms with Crippen LogP contribution in [0.3, 0.4) is 0 Å². The van der Waals surface area contributed by atoms with Gasteiger partial charge in [-0.3, -0.25) is 4.79 Å².